The third-order valence-electron chi connectivity index (χ3n) is 3.00. The van der Waals surface area contributed by atoms with E-state index in [1.165, 1.54) is 5.56 Å². The van der Waals surface area contributed by atoms with Gasteiger partial charge in [-0.2, -0.15) is 0 Å². The monoisotopic (exact) mass is 247 g/mol. The van der Waals surface area contributed by atoms with Crippen molar-refractivity contribution in [3.05, 3.63) is 48.6 Å². The molecule has 1 N–H and O–H groups in total. The molecule has 3 nitrogen and oxygen atoms in total. The maximum absolute atomic E-state index is 10.9. The molecule has 0 saturated carbocycles. The van der Waals surface area contributed by atoms with Crippen molar-refractivity contribution in [2.75, 3.05) is 13.1 Å². The molecule has 0 spiro atoms. The molecule has 0 aliphatic heterocycles. The molecule has 98 valence electrons. The van der Waals surface area contributed by atoms with Crippen LogP contribution in [0.5, 0.6) is 0 Å². The van der Waals surface area contributed by atoms with Gasteiger partial charge in [-0.05, 0) is 18.4 Å². The summed E-state index contributed by atoms with van der Waals surface area (Å²) in [6.45, 7) is 6.46. The number of carboxylic acid groups (broad SMARTS) is 1. The van der Waals surface area contributed by atoms with Crippen molar-refractivity contribution in [3.63, 3.8) is 0 Å². The fraction of sp³-hybridized carbons (Fsp3) is 0.400. The van der Waals surface area contributed by atoms with Crippen molar-refractivity contribution in [1.82, 2.24) is 4.90 Å². The van der Waals surface area contributed by atoms with E-state index in [4.69, 9.17) is 5.11 Å². The lowest BCUT2D eigenvalue weighted by Gasteiger charge is -2.28. The smallest absolute Gasteiger partial charge is 0.317 e. The predicted molar refractivity (Wildman–Crippen MR) is 73.6 cm³/mol. The summed E-state index contributed by atoms with van der Waals surface area (Å²) in [5.41, 5.74) is 1.24. The van der Waals surface area contributed by atoms with E-state index in [1.807, 2.05) is 23.1 Å². The number of hydrogen-bond donors (Lipinski definition) is 1. The molecule has 1 atom stereocenters. The van der Waals surface area contributed by atoms with Gasteiger partial charge in [0.1, 0.15) is 0 Å². The highest BCUT2D eigenvalue weighted by Gasteiger charge is 2.18. The van der Waals surface area contributed by atoms with Gasteiger partial charge in [0, 0.05) is 12.6 Å². The summed E-state index contributed by atoms with van der Waals surface area (Å²) >= 11 is 0. The third-order valence-corrected chi connectivity index (χ3v) is 3.00. The fourth-order valence-electron chi connectivity index (χ4n) is 2.10. The van der Waals surface area contributed by atoms with Crippen LogP contribution in [0.4, 0.5) is 0 Å². The molecule has 0 aliphatic rings. The molecule has 0 bridgehead atoms. The molecule has 18 heavy (non-hydrogen) atoms. The zero-order valence-electron chi connectivity index (χ0n) is 10.9. The third kappa shape index (κ3) is 4.72. The molecule has 0 aromatic heterocycles. The summed E-state index contributed by atoms with van der Waals surface area (Å²) in [4.78, 5) is 12.8. The molecular weight excluding hydrogens is 226 g/mol. The first-order valence-electron chi connectivity index (χ1n) is 6.28. The van der Waals surface area contributed by atoms with Crippen LogP contribution in [0.1, 0.15) is 18.9 Å². The lowest BCUT2D eigenvalue weighted by Crippen LogP contribution is -2.40. The van der Waals surface area contributed by atoms with Crippen molar-refractivity contribution >= 4 is 5.97 Å². The van der Waals surface area contributed by atoms with Gasteiger partial charge in [0.2, 0.25) is 0 Å². The summed E-state index contributed by atoms with van der Waals surface area (Å²) in [6, 6.07) is 10.4. The molecule has 1 unspecified atom stereocenters. The minimum atomic E-state index is -0.789. The number of carbonyl (C=O) groups is 1. The van der Waals surface area contributed by atoms with Gasteiger partial charge in [0.15, 0.2) is 0 Å². The number of hydrogen-bond acceptors (Lipinski definition) is 2. The van der Waals surface area contributed by atoms with Gasteiger partial charge in [0.25, 0.3) is 0 Å². The SMILES string of the molecule is C=CCN(CC(=O)O)C(CC)Cc1ccccc1. The van der Waals surface area contributed by atoms with Gasteiger partial charge < -0.3 is 5.11 Å². The minimum absolute atomic E-state index is 0.0668. The number of aliphatic carboxylic acids is 1. The number of nitrogens with zero attached hydrogens (tertiary/aromatic N) is 1. The Morgan fingerprint density at radius 1 is 1.44 bits per heavy atom. The highest BCUT2D eigenvalue weighted by Crippen LogP contribution is 2.12. The molecular formula is C15H21NO2. The first-order chi connectivity index (χ1) is 8.67. The maximum Gasteiger partial charge on any atom is 0.317 e. The van der Waals surface area contributed by atoms with Crippen molar-refractivity contribution in [1.29, 1.82) is 0 Å². The highest BCUT2D eigenvalue weighted by molar-refractivity contribution is 5.69. The number of carboxylic acids is 1. The Labute approximate surface area is 109 Å². The van der Waals surface area contributed by atoms with Gasteiger partial charge in [-0.25, -0.2) is 0 Å². The Morgan fingerprint density at radius 3 is 2.61 bits per heavy atom. The van der Waals surface area contributed by atoms with Crippen LogP contribution < -0.4 is 0 Å². The molecule has 1 aromatic carbocycles. The standard InChI is InChI=1S/C15H21NO2/c1-3-10-16(12-15(17)18)14(4-2)11-13-8-6-5-7-9-13/h3,5-9,14H,1,4,10-12H2,2H3,(H,17,18). The molecule has 0 radical (unpaired) electrons. The Morgan fingerprint density at radius 2 is 2.11 bits per heavy atom. The second-order valence-electron chi connectivity index (χ2n) is 4.36. The second kappa shape index (κ2) is 7.67. The largest absolute Gasteiger partial charge is 0.480 e. The lowest BCUT2D eigenvalue weighted by atomic mass is 10.0. The Balaban J connectivity index is 2.72. The van der Waals surface area contributed by atoms with Crippen LogP contribution in [0, 0.1) is 0 Å². The van der Waals surface area contributed by atoms with Gasteiger partial charge in [0.05, 0.1) is 6.54 Å². The van der Waals surface area contributed by atoms with E-state index in [1.54, 1.807) is 6.08 Å². The molecule has 0 saturated heterocycles. The van der Waals surface area contributed by atoms with Crippen molar-refractivity contribution < 1.29 is 9.90 Å². The van der Waals surface area contributed by atoms with Crippen LogP contribution in [0.3, 0.4) is 0 Å². The Kier molecular flexibility index (Phi) is 6.15. The topological polar surface area (TPSA) is 40.5 Å². The summed E-state index contributed by atoms with van der Waals surface area (Å²) in [5, 5.41) is 8.95. The first kappa shape index (κ1) is 14.5. The molecule has 0 fully saturated rings. The van der Waals surface area contributed by atoms with Crippen LogP contribution in [-0.2, 0) is 11.2 Å². The van der Waals surface area contributed by atoms with E-state index in [0.717, 1.165) is 12.8 Å². The van der Waals surface area contributed by atoms with Crippen LogP contribution >= 0.6 is 0 Å². The molecule has 3 heteroatoms. The van der Waals surface area contributed by atoms with Gasteiger partial charge in [-0.15, -0.1) is 6.58 Å². The van der Waals surface area contributed by atoms with Crippen LogP contribution in [-0.4, -0.2) is 35.1 Å². The van der Waals surface area contributed by atoms with E-state index in [-0.39, 0.29) is 12.6 Å². The Bertz CT molecular complexity index is 375. The van der Waals surface area contributed by atoms with Crippen molar-refractivity contribution in [2.24, 2.45) is 0 Å². The van der Waals surface area contributed by atoms with Gasteiger partial charge in [-0.3, -0.25) is 9.69 Å². The van der Waals surface area contributed by atoms with E-state index in [9.17, 15) is 4.79 Å². The van der Waals surface area contributed by atoms with E-state index >= 15 is 0 Å². The number of benzene rings is 1. The van der Waals surface area contributed by atoms with Gasteiger partial charge in [-0.1, -0.05) is 43.3 Å². The predicted octanol–water partition coefficient (Wildman–Crippen LogP) is 2.58. The summed E-state index contributed by atoms with van der Waals surface area (Å²) in [6.07, 6.45) is 3.56. The first-order valence-corrected chi connectivity index (χ1v) is 6.28. The molecule has 0 heterocycles. The maximum atomic E-state index is 10.9. The average molecular weight is 247 g/mol. The van der Waals surface area contributed by atoms with E-state index in [2.05, 4.69) is 25.6 Å². The summed E-state index contributed by atoms with van der Waals surface area (Å²) in [7, 11) is 0. The number of rotatable bonds is 8. The van der Waals surface area contributed by atoms with Crippen LogP contribution in [0.2, 0.25) is 0 Å². The van der Waals surface area contributed by atoms with Crippen molar-refractivity contribution in [3.8, 4) is 0 Å². The summed E-state index contributed by atoms with van der Waals surface area (Å²) in [5.74, 6) is -0.789. The van der Waals surface area contributed by atoms with Crippen LogP contribution in [0.25, 0.3) is 0 Å². The second-order valence-corrected chi connectivity index (χ2v) is 4.36. The van der Waals surface area contributed by atoms with E-state index in [0.29, 0.717) is 6.54 Å². The lowest BCUT2D eigenvalue weighted by molar-refractivity contribution is -0.138. The molecule has 0 aliphatic carbocycles. The van der Waals surface area contributed by atoms with Crippen LogP contribution in [0.15, 0.2) is 43.0 Å². The average Bonchev–Trinajstić information content (AvgIpc) is 2.36. The normalized spacial score (nSPS) is 12.3. The Hall–Kier alpha value is -1.61. The minimum Gasteiger partial charge on any atom is -0.480 e. The molecule has 0 amide bonds. The zero-order chi connectivity index (χ0) is 13.4. The highest BCUT2D eigenvalue weighted by atomic mass is 16.4. The zero-order valence-corrected chi connectivity index (χ0v) is 10.9. The quantitative estimate of drug-likeness (QED) is 0.718. The fourth-order valence-corrected chi connectivity index (χ4v) is 2.10. The summed E-state index contributed by atoms with van der Waals surface area (Å²) < 4.78 is 0. The van der Waals surface area contributed by atoms with E-state index < -0.39 is 5.97 Å². The van der Waals surface area contributed by atoms with Crippen molar-refractivity contribution in [2.45, 2.75) is 25.8 Å². The molecule has 1 aromatic rings. The van der Waals surface area contributed by atoms with Gasteiger partial charge >= 0.3 is 5.97 Å². The molecule has 1 rings (SSSR count).